The van der Waals surface area contributed by atoms with Crippen molar-refractivity contribution in [3.8, 4) is 0 Å². The minimum Gasteiger partial charge on any atom is -0.341 e. The first-order chi connectivity index (χ1) is 10.2. The molecule has 1 aliphatic rings. The van der Waals surface area contributed by atoms with Crippen molar-refractivity contribution in [2.24, 2.45) is 0 Å². The monoisotopic (exact) mass is 282 g/mol. The quantitative estimate of drug-likeness (QED) is 0.940. The van der Waals surface area contributed by atoms with E-state index in [1.54, 1.807) is 12.4 Å². The molecule has 21 heavy (non-hydrogen) atoms. The Morgan fingerprint density at radius 2 is 1.90 bits per heavy atom. The van der Waals surface area contributed by atoms with Crippen LogP contribution in [0.3, 0.4) is 0 Å². The van der Waals surface area contributed by atoms with Crippen LogP contribution in [0.5, 0.6) is 0 Å². The van der Waals surface area contributed by atoms with Gasteiger partial charge in [-0.05, 0) is 37.5 Å². The van der Waals surface area contributed by atoms with E-state index in [-0.39, 0.29) is 5.91 Å². The van der Waals surface area contributed by atoms with E-state index in [4.69, 9.17) is 0 Å². The Morgan fingerprint density at radius 3 is 2.57 bits per heavy atom. The Morgan fingerprint density at radius 1 is 1.19 bits per heavy atom. The maximum absolute atomic E-state index is 12.2. The van der Waals surface area contributed by atoms with Gasteiger partial charge in [0, 0.05) is 31.2 Å². The van der Waals surface area contributed by atoms with E-state index in [0.29, 0.717) is 11.5 Å². The van der Waals surface area contributed by atoms with Gasteiger partial charge in [0.25, 0.3) is 5.91 Å². The lowest BCUT2D eigenvalue weighted by molar-refractivity contribution is 0.102. The highest BCUT2D eigenvalue weighted by atomic mass is 16.1. The SMILES string of the molecule is Cc1cccc(NC(=O)c2cnc(N3CCCC3)nc2)c1. The number of nitrogens with one attached hydrogen (secondary N) is 1. The minimum absolute atomic E-state index is 0.187. The van der Waals surface area contributed by atoms with Crippen molar-refractivity contribution in [1.29, 1.82) is 0 Å². The molecule has 1 saturated heterocycles. The fourth-order valence-corrected chi connectivity index (χ4v) is 2.44. The van der Waals surface area contributed by atoms with Gasteiger partial charge < -0.3 is 10.2 Å². The molecule has 0 spiro atoms. The van der Waals surface area contributed by atoms with Crippen LogP contribution in [0.15, 0.2) is 36.7 Å². The van der Waals surface area contributed by atoms with Crippen LogP contribution in [0, 0.1) is 6.92 Å². The normalized spacial score (nSPS) is 14.2. The molecule has 1 fully saturated rings. The van der Waals surface area contributed by atoms with Crippen molar-refractivity contribution in [2.45, 2.75) is 19.8 Å². The van der Waals surface area contributed by atoms with E-state index in [2.05, 4.69) is 20.2 Å². The van der Waals surface area contributed by atoms with Gasteiger partial charge in [0.05, 0.1) is 5.56 Å². The largest absolute Gasteiger partial charge is 0.341 e. The summed E-state index contributed by atoms with van der Waals surface area (Å²) in [5.74, 6) is 0.521. The first-order valence-corrected chi connectivity index (χ1v) is 7.17. The summed E-state index contributed by atoms with van der Waals surface area (Å²) in [7, 11) is 0. The molecule has 0 saturated carbocycles. The van der Waals surface area contributed by atoms with E-state index >= 15 is 0 Å². The second kappa shape index (κ2) is 5.91. The van der Waals surface area contributed by atoms with E-state index in [1.165, 1.54) is 12.8 Å². The summed E-state index contributed by atoms with van der Waals surface area (Å²) in [6, 6.07) is 7.70. The van der Waals surface area contributed by atoms with Crippen molar-refractivity contribution in [3.63, 3.8) is 0 Å². The maximum atomic E-state index is 12.2. The van der Waals surface area contributed by atoms with Crippen LogP contribution in [0.4, 0.5) is 11.6 Å². The fraction of sp³-hybridized carbons (Fsp3) is 0.312. The van der Waals surface area contributed by atoms with Crippen LogP contribution in [0.2, 0.25) is 0 Å². The molecule has 5 nitrogen and oxygen atoms in total. The molecule has 0 radical (unpaired) electrons. The molecule has 3 rings (SSSR count). The molecule has 1 amide bonds. The molecule has 108 valence electrons. The molecule has 5 heteroatoms. The lowest BCUT2D eigenvalue weighted by atomic mass is 10.2. The maximum Gasteiger partial charge on any atom is 0.258 e. The average Bonchev–Trinajstić information content (AvgIpc) is 3.01. The third kappa shape index (κ3) is 3.18. The van der Waals surface area contributed by atoms with Gasteiger partial charge in [0.2, 0.25) is 5.95 Å². The average molecular weight is 282 g/mol. The fourth-order valence-electron chi connectivity index (χ4n) is 2.44. The van der Waals surface area contributed by atoms with Crippen LogP contribution < -0.4 is 10.2 Å². The Labute approximate surface area is 124 Å². The Bertz CT molecular complexity index is 633. The van der Waals surface area contributed by atoms with Crippen molar-refractivity contribution in [1.82, 2.24) is 9.97 Å². The van der Waals surface area contributed by atoms with Gasteiger partial charge >= 0.3 is 0 Å². The molecule has 1 aliphatic heterocycles. The summed E-state index contributed by atoms with van der Waals surface area (Å²) in [5.41, 5.74) is 2.36. The second-order valence-corrected chi connectivity index (χ2v) is 5.29. The zero-order valence-electron chi connectivity index (χ0n) is 12.0. The van der Waals surface area contributed by atoms with Crippen LogP contribution in [0.25, 0.3) is 0 Å². The van der Waals surface area contributed by atoms with Gasteiger partial charge in [-0.2, -0.15) is 0 Å². The third-order valence-electron chi connectivity index (χ3n) is 3.57. The first-order valence-electron chi connectivity index (χ1n) is 7.17. The molecule has 0 unspecified atom stereocenters. The number of anilines is 2. The topological polar surface area (TPSA) is 58.1 Å². The van der Waals surface area contributed by atoms with Crippen molar-refractivity contribution in [3.05, 3.63) is 47.8 Å². The molecule has 0 atom stereocenters. The number of rotatable bonds is 3. The molecular formula is C16H18N4O. The standard InChI is InChI=1S/C16H18N4O/c1-12-5-4-6-14(9-12)19-15(21)13-10-17-16(18-11-13)20-7-2-3-8-20/h4-6,9-11H,2-3,7-8H2,1H3,(H,19,21). The number of amides is 1. The number of hydrogen-bond donors (Lipinski definition) is 1. The molecular weight excluding hydrogens is 264 g/mol. The van der Waals surface area contributed by atoms with Gasteiger partial charge in [-0.3, -0.25) is 4.79 Å². The van der Waals surface area contributed by atoms with Crippen LogP contribution >= 0.6 is 0 Å². The summed E-state index contributed by atoms with van der Waals surface area (Å²) in [4.78, 5) is 22.9. The Balaban J connectivity index is 1.70. The number of carbonyl (C=O) groups is 1. The van der Waals surface area contributed by atoms with Gasteiger partial charge in [-0.1, -0.05) is 12.1 Å². The number of nitrogens with zero attached hydrogens (tertiary/aromatic N) is 3. The van der Waals surface area contributed by atoms with Gasteiger partial charge in [0.1, 0.15) is 0 Å². The van der Waals surface area contributed by atoms with Gasteiger partial charge in [0.15, 0.2) is 0 Å². The van der Waals surface area contributed by atoms with E-state index in [0.717, 1.165) is 24.3 Å². The number of carbonyl (C=O) groups excluding carboxylic acids is 1. The van der Waals surface area contributed by atoms with Crippen molar-refractivity contribution in [2.75, 3.05) is 23.3 Å². The molecule has 2 heterocycles. The van der Waals surface area contributed by atoms with Crippen LogP contribution in [-0.2, 0) is 0 Å². The number of hydrogen-bond acceptors (Lipinski definition) is 4. The molecule has 2 aromatic rings. The summed E-state index contributed by atoms with van der Waals surface area (Å²) in [5, 5.41) is 2.86. The molecule has 0 bridgehead atoms. The smallest absolute Gasteiger partial charge is 0.258 e. The second-order valence-electron chi connectivity index (χ2n) is 5.29. The molecule has 1 aromatic carbocycles. The third-order valence-corrected chi connectivity index (χ3v) is 3.57. The molecule has 1 N–H and O–H groups in total. The summed E-state index contributed by atoms with van der Waals surface area (Å²) in [6.45, 7) is 3.98. The Hall–Kier alpha value is -2.43. The zero-order chi connectivity index (χ0) is 14.7. The molecule has 0 aliphatic carbocycles. The van der Waals surface area contributed by atoms with Crippen molar-refractivity contribution >= 4 is 17.5 Å². The van der Waals surface area contributed by atoms with Gasteiger partial charge in [-0.25, -0.2) is 9.97 Å². The highest BCUT2D eigenvalue weighted by Crippen LogP contribution is 2.15. The summed E-state index contributed by atoms with van der Waals surface area (Å²) < 4.78 is 0. The minimum atomic E-state index is -0.187. The Kier molecular flexibility index (Phi) is 3.81. The van der Waals surface area contributed by atoms with E-state index < -0.39 is 0 Å². The lowest BCUT2D eigenvalue weighted by Crippen LogP contribution is -2.21. The number of aryl methyl sites for hydroxylation is 1. The number of benzene rings is 1. The summed E-state index contributed by atoms with van der Waals surface area (Å²) in [6.07, 6.45) is 5.54. The van der Waals surface area contributed by atoms with Gasteiger partial charge in [-0.15, -0.1) is 0 Å². The predicted octanol–water partition coefficient (Wildman–Crippen LogP) is 2.64. The summed E-state index contributed by atoms with van der Waals surface area (Å²) >= 11 is 0. The predicted molar refractivity (Wildman–Crippen MR) is 82.6 cm³/mol. The highest BCUT2D eigenvalue weighted by molar-refractivity contribution is 6.03. The van der Waals surface area contributed by atoms with Crippen LogP contribution in [0.1, 0.15) is 28.8 Å². The molecule has 1 aromatic heterocycles. The zero-order valence-corrected chi connectivity index (χ0v) is 12.0. The highest BCUT2D eigenvalue weighted by Gasteiger charge is 2.15. The van der Waals surface area contributed by atoms with E-state index in [9.17, 15) is 4.79 Å². The number of aromatic nitrogens is 2. The van der Waals surface area contributed by atoms with E-state index in [1.807, 2.05) is 31.2 Å². The van der Waals surface area contributed by atoms with Crippen molar-refractivity contribution < 1.29 is 4.79 Å². The first kappa shape index (κ1) is 13.5. The van der Waals surface area contributed by atoms with Crippen LogP contribution in [-0.4, -0.2) is 29.0 Å². The lowest BCUT2D eigenvalue weighted by Gasteiger charge is -2.14.